The number of benzene rings is 1. The van der Waals surface area contributed by atoms with Crippen LogP contribution < -0.4 is 10.6 Å². The van der Waals surface area contributed by atoms with E-state index in [0.29, 0.717) is 0 Å². The van der Waals surface area contributed by atoms with Crippen LogP contribution in [0.15, 0.2) is 41.5 Å². The Kier molecular flexibility index (Phi) is 5.75. The lowest BCUT2D eigenvalue weighted by Gasteiger charge is -2.15. The van der Waals surface area contributed by atoms with Crippen LogP contribution in [0, 0.1) is 0 Å². The van der Waals surface area contributed by atoms with Gasteiger partial charge in [0, 0.05) is 37.0 Å². The summed E-state index contributed by atoms with van der Waals surface area (Å²) in [7, 11) is 1.83. The number of hydrogen-bond donors (Lipinski definition) is 2. The molecule has 1 aliphatic rings. The number of aliphatic imine (C=N–C) groups is 1. The van der Waals surface area contributed by atoms with Gasteiger partial charge in [0.2, 0.25) is 0 Å². The molecule has 0 saturated carbocycles. The number of guanidine groups is 1. The van der Waals surface area contributed by atoms with Crippen molar-refractivity contribution in [1.29, 1.82) is 0 Å². The fourth-order valence-corrected chi connectivity index (χ4v) is 4.12. The van der Waals surface area contributed by atoms with Gasteiger partial charge in [0.1, 0.15) is 0 Å². The maximum atomic E-state index is 4.51. The fraction of sp³-hybridized carbons (Fsp3) is 0.444. The molecule has 1 saturated heterocycles. The zero-order valence-electron chi connectivity index (χ0n) is 13.6. The van der Waals surface area contributed by atoms with Gasteiger partial charge in [-0.15, -0.1) is 0 Å². The normalized spacial score (nSPS) is 18.3. The third-order valence-corrected chi connectivity index (χ3v) is 5.55. The molecular formula is C18H24N4S. The minimum atomic E-state index is 0.732. The number of fused-ring (bicyclic) bond motifs is 1. The molecule has 2 heterocycles. The van der Waals surface area contributed by atoms with E-state index in [0.717, 1.165) is 36.2 Å². The number of thioether (sulfide) groups is 1. The SMILES string of the molecule is CN=C(NCCc1cccc2cccnc12)NCC1CCCS1. The first-order valence-electron chi connectivity index (χ1n) is 8.25. The molecular weight excluding hydrogens is 304 g/mol. The monoisotopic (exact) mass is 328 g/mol. The Hall–Kier alpha value is -1.75. The highest BCUT2D eigenvalue weighted by Crippen LogP contribution is 2.25. The molecule has 23 heavy (non-hydrogen) atoms. The summed E-state index contributed by atoms with van der Waals surface area (Å²) in [5.41, 5.74) is 2.37. The third kappa shape index (κ3) is 4.38. The Labute approximate surface area is 142 Å². The zero-order valence-corrected chi connectivity index (χ0v) is 14.4. The van der Waals surface area contributed by atoms with E-state index in [-0.39, 0.29) is 0 Å². The summed E-state index contributed by atoms with van der Waals surface area (Å²) in [5, 5.41) is 8.78. The molecule has 3 rings (SSSR count). The summed E-state index contributed by atoms with van der Waals surface area (Å²) in [6.45, 7) is 1.85. The van der Waals surface area contributed by atoms with E-state index in [2.05, 4.69) is 56.6 Å². The first-order valence-corrected chi connectivity index (χ1v) is 9.30. The van der Waals surface area contributed by atoms with E-state index in [1.54, 1.807) is 0 Å². The number of nitrogens with one attached hydrogen (secondary N) is 2. The van der Waals surface area contributed by atoms with Gasteiger partial charge in [0.05, 0.1) is 5.52 Å². The maximum Gasteiger partial charge on any atom is 0.191 e. The molecule has 0 spiro atoms. The van der Waals surface area contributed by atoms with Crippen molar-refractivity contribution in [2.24, 2.45) is 4.99 Å². The van der Waals surface area contributed by atoms with E-state index in [9.17, 15) is 0 Å². The summed E-state index contributed by atoms with van der Waals surface area (Å²) in [6.07, 6.45) is 5.46. The van der Waals surface area contributed by atoms with E-state index in [4.69, 9.17) is 0 Å². The molecule has 0 radical (unpaired) electrons. The van der Waals surface area contributed by atoms with Crippen molar-refractivity contribution in [1.82, 2.24) is 15.6 Å². The van der Waals surface area contributed by atoms with Crippen molar-refractivity contribution in [2.75, 3.05) is 25.9 Å². The molecule has 1 fully saturated rings. The molecule has 1 unspecified atom stereocenters. The Morgan fingerprint density at radius 3 is 3.04 bits per heavy atom. The van der Waals surface area contributed by atoms with E-state index in [1.165, 1.54) is 29.5 Å². The van der Waals surface area contributed by atoms with Crippen LogP contribution >= 0.6 is 11.8 Å². The quantitative estimate of drug-likeness (QED) is 0.654. The van der Waals surface area contributed by atoms with Gasteiger partial charge in [-0.05, 0) is 36.6 Å². The predicted octanol–water partition coefficient (Wildman–Crippen LogP) is 2.84. The Balaban J connectivity index is 1.51. The molecule has 1 aliphatic heterocycles. The Bertz CT molecular complexity index is 660. The highest BCUT2D eigenvalue weighted by atomic mass is 32.2. The van der Waals surface area contributed by atoms with Crippen molar-refractivity contribution in [3.63, 3.8) is 0 Å². The van der Waals surface area contributed by atoms with Crippen molar-refractivity contribution < 1.29 is 0 Å². The van der Waals surface area contributed by atoms with Gasteiger partial charge in [-0.2, -0.15) is 11.8 Å². The average molecular weight is 328 g/mol. The number of rotatable bonds is 5. The molecule has 122 valence electrons. The molecule has 0 aliphatic carbocycles. The van der Waals surface area contributed by atoms with Crippen LogP contribution in [-0.2, 0) is 6.42 Å². The highest BCUT2D eigenvalue weighted by molar-refractivity contribution is 8.00. The number of para-hydroxylation sites is 1. The summed E-state index contributed by atoms with van der Waals surface area (Å²) >= 11 is 2.06. The fourth-order valence-electron chi connectivity index (χ4n) is 2.92. The summed E-state index contributed by atoms with van der Waals surface area (Å²) in [6, 6.07) is 10.5. The lowest BCUT2D eigenvalue weighted by molar-refractivity contribution is 0.724. The standard InChI is InChI=1S/C18H24N4S/c1-19-18(22-13-16-8-4-12-23-16)21-11-9-15-6-2-5-14-7-3-10-20-17(14)15/h2-3,5-7,10,16H,4,8-9,11-13H2,1H3,(H2,19,21,22). The maximum absolute atomic E-state index is 4.51. The summed E-state index contributed by atoms with van der Waals surface area (Å²) in [5.74, 6) is 2.19. The molecule has 1 aromatic carbocycles. The van der Waals surface area contributed by atoms with Crippen LogP contribution in [0.1, 0.15) is 18.4 Å². The van der Waals surface area contributed by atoms with Gasteiger partial charge in [0.15, 0.2) is 5.96 Å². The van der Waals surface area contributed by atoms with Gasteiger partial charge in [-0.3, -0.25) is 9.98 Å². The van der Waals surface area contributed by atoms with E-state index >= 15 is 0 Å². The lowest BCUT2D eigenvalue weighted by atomic mass is 10.1. The largest absolute Gasteiger partial charge is 0.356 e. The first kappa shape index (κ1) is 16.1. The Morgan fingerprint density at radius 1 is 1.30 bits per heavy atom. The van der Waals surface area contributed by atoms with E-state index in [1.807, 2.05) is 19.3 Å². The number of aromatic nitrogens is 1. The highest BCUT2D eigenvalue weighted by Gasteiger charge is 2.15. The topological polar surface area (TPSA) is 49.3 Å². The van der Waals surface area contributed by atoms with Crippen molar-refractivity contribution in [3.8, 4) is 0 Å². The molecule has 2 aromatic rings. The van der Waals surface area contributed by atoms with Crippen LogP contribution in [-0.4, -0.2) is 42.1 Å². The van der Waals surface area contributed by atoms with Gasteiger partial charge >= 0.3 is 0 Å². The van der Waals surface area contributed by atoms with Crippen molar-refractivity contribution in [3.05, 3.63) is 42.1 Å². The number of hydrogen-bond acceptors (Lipinski definition) is 3. The summed E-state index contributed by atoms with van der Waals surface area (Å²) in [4.78, 5) is 8.82. The van der Waals surface area contributed by atoms with Crippen molar-refractivity contribution in [2.45, 2.75) is 24.5 Å². The van der Waals surface area contributed by atoms with Gasteiger partial charge in [0.25, 0.3) is 0 Å². The van der Waals surface area contributed by atoms with Crippen LogP contribution in [0.5, 0.6) is 0 Å². The smallest absolute Gasteiger partial charge is 0.191 e. The van der Waals surface area contributed by atoms with Crippen molar-refractivity contribution >= 4 is 28.6 Å². The zero-order chi connectivity index (χ0) is 15.9. The van der Waals surface area contributed by atoms with Crippen LogP contribution in [0.25, 0.3) is 10.9 Å². The van der Waals surface area contributed by atoms with E-state index < -0.39 is 0 Å². The molecule has 2 N–H and O–H groups in total. The van der Waals surface area contributed by atoms with Gasteiger partial charge < -0.3 is 10.6 Å². The van der Waals surface area contributed by atoms with Crippen LogP contribution in [0.4, 0.5) is 0 Å². The predicted molar refractivity (Wildman–Crippen MR) is 100 cm³/mol. The number of pyridine rings is 1. The second-order valence-corrected chi connectivity index (χ2v) is 7.17. The lowest BCUT2D eigenvalue weighted by Crippen LogP contribution is -2.40. The average Bonchev–Trinajstić information content (AvgIpc) is 3.11. The minimum Gasteiger partial charge on any atom is -0.356 e. The second kappa shape index (κ2) is 8.20. The van der Waals surface area contributed by atoms with Crippen LogP contribution in [0.3, 0.4) is 0 Å². The number of nitrogens with zero attached hydrogens (tertiary/aromatic N) is 2. The molecule has 1 atom stereocenters. The minimum absolute atomic E-state index is 0.732. The second-order valence-electron chi connectivity index (χ2n) is 5.76. The molecule has 0 bridgehead atoms. The van der Waals surface area contributed by atoms with Gasteiger partial charge in [-0.25, -0.2) is 0 Å². The Morgan fingerprint density at radius 2 is 2.22 bits per heavy atom. The summed E-state index contributed by atoms with van der Waals surface area (Å²) < 4.78 is 0. The molecule has 0 amide bonds. The molecule has 4 nitrogen and oxygen atoms in total. The third-order valence-electron chi connectivity index (χ3n) is 4.15. The molecule has 5 heteroatoms. The van der Waals surface area contributed by atoms with Gasteiger partial charge in [-0.1, -0.05) is 24.3 Å². The van der Waals surface area contributed by atoms with Crippen LogP contribution in [0.2, 0.25) is 0 Å². The molecule has 1 aromatic heterocycles. The first-order chi connectivity index (χ1) is 11.4.